The molecule has 4 heteroatoms. The van der Waals surface area contributed by atoms with Crippen LogP contribution in [0, 0.1) is 0 Å². The van der Waals surface area contributed by atoms with Gasteiger partial charge in [0, 0.05) is 12.6 Å². The van der Waals surface area contributed by atoms with E-state index in [1.165, 1.54) is 25.9 Å². The standard InChI is InChI=1S/C12H23N3O/c1-10(15-7-2-3-8-15)9-14-12(16)11-5-4-6-13-11/h10-11,13H,2-9H2,1H3,(H,14,16)/t10?,11-/m0/s1. The monoisotopic (exact) mass is 225 g/mol. The van der Waals surface area contributed by atoms with E-state index in [4.69, 9.17) is 0 Å². The Balaban J connectivity index is 1.67. The van der Waals surface area contributed by atoms with Gasteiger partial charge in [-0.25, -0.2) is 0 Å². The Hall–Kier alpha value is -0.610. The Labute approximate surface area is 97.8 Å². The number of hydrogen-bond donors (Lipinski definition) is 2. The fraction of sp³-hybridized carbons (Fsp3) is 0.917. The van der Waals surface area contributed by atoms with Crippen molar-refractivity contribution in [1.29, 1.82) is 0 Å². The summed E-state index contributed by atoms with van der Waals surface area (Å²) in [5.41, 5.74) is 0. The average Bonchev–Trinajstić information content (AvgIpc) is 2.95. The zero-order valence-corrected chi connectivity index (χ0v) is 10.2. The first-order valence-corrected chi connectivity index (χ1v) is 6.52. The predicted molar refractivity (Wildman–Crippen MR) is 64.3 cm³/mol. The molecule has 1 amide bonds. The maximum absolute atomic E-state index is 11.8. The molecule has 0 spiro atoms. The van der Waals surface area contributed by atoms with E-state index in [1.54, 1.807) is 0 Å². The largest absolute Gasteiger partial charge is 0.353 e. The summed E-state index contributed by atoms with van der Waals surface area (Å²) in [7, 11) is 0. The molecular weight excluding hydrogens is 202 g/mol. The third-order valence-electron chi connectivity index (χ3n) is 3.71. The molecule has 2 aliphatic heterocycles. The zero-order chi connectivity index (χ0) is 11.4. The SMILES string of the molecule is CC(CNC(=O)[C@@H]1CCCN1)N1CCCC1. The predicted octanol–water partition coefficient (Wildman–Crippen LogP) is 0.339. The van der Waals surface area contributed by atoms with Gasteiger partial charge in [-0.05, 0) is 52.2 Å². The Morgan fingerprint density at radius 2 is 2.19 bits per heavy atom. The van der Waals surface area contributed by atoms with E-state index < -0.39 is 0 Å². The van der Waals surface area contributed by atoms with Crippen LogP contribution in [-0.4, -0.2) is 49.1 Å². The summed E-state index contributed by atoms with van der Waals surface area (Å²) in [4.78, 5) is 14.2. The summed E-state index contributed by atoms with van der Waals surface area (Å²) >= 11 is 0. The third kappa shape index (κ3) is 2.95. The van der Waals surface area contributed by atoms with Crippen LogP contribution in [0.4, 0.5) is 0 Å². The van der Waals surface area contributed by atoms with E-state index in [1.807, 2.05) is 0 Å². The minimum Gasteiger partial charge on any atom is -0.353 e. The zero-order valence-electron chi connectivity index (χ0n) is 10.2. The lowest BCUT2D eigenvalue weighted by Crippen LogP contribution is -2.46. The quantitative estimate of drug-likeness (QED) is 0.725. The molecule has 0 saturated carbocycles. The fourth-order valence-corrected chi connectivity index (χ4v) is 2.59. The summed E-state index contributed by atoms with van der Waals surface area (Å²) in [6.07, 6.45) is 4.73. The second-order valence-corrected chi connectivity index (χ2v) is 4.99. The van der Waals surface area contributed by atoms with Crippen LogP contribution < -0.4 is 10.6 Å². The summed E-state index contributed by atoms with van der Waals surface area (Å²) in [5, 5.41) is 6.28. The van der Waals surface area contributed by atoms with Crippen molar-refractivity contribution in [2.24, 2.45) is 0 Å². The Morgan fingerprint density at radius 1 is 1.44 bits per heavy atom. The number of carbonyl (C=O) groups excluding carboxylic acids is 1. The number of rotatable bonds is 4. The highest BCUT2D eigenvalue weighted by Crippen LogP contribution is 2.11. The van der Waals surface area contributed by atoms with Gasteiger partial charge in [0.25, 0.3) is 0 Å². The van der Waals surface area contributed by atoms with Crippen LogP contribution in [0.2, 0.25) is 0 Å². The minimum atomic E-state index is 0.0609. The second-order valence-electron chi connectivity index (χ2n) is 4.99. The molecule has 2 atom stereocenters. The molecule has 2 fully saturated rings. The number of carbonyl (C=O) groups is 1. The molecule has 4 nitrogen and oxygen atoms in total. The number of amides is 1. The van der Waals surface area contributed by atoms with Crippen molar-refractivity contribution in [2.45, 2.75) is 44.7 Å². The molecule has 0 aromatic carbocycles. The molecule has 2 aliphatic rings. The van der Waals surface area contributed by atoms with Crippen LogP contribution in [0.1, 0.15) is 32.6 Å². The van der Waals surface area contributed by atoms with Crippen molar-refractivity contribution < 1.29 is 4.79 Å². The molecule has 0 bridgehead atoms. The third-order valence-corrected chi connectivity index (χ3v) is 3.71. The molecule has 1 unspecified atom stereocenters. The van der Waals surface area contributed by atoms with Gasteiger partial charge in [0.05, 0.1) is 6.04 Å². The van der Waals surface area contributed by atoms with E-state index in [0.29, 0.717) is 6.04 Å². The van der Waals surface area contributed by atoms with Crippen LogP contribution in [0.3, 0.4) is 0 Å². The first-order chi connectivity index (χ1) is 7.77. The molecular formula is C12H23N3O. The lowest BCUT2D eigenvalue weighted by atomic mass is 10.2. The lowest BCUT2D eigenvalue weighted by Gasteiger charge is -2.24. The maximum Gasteiger partial charge on any atom is 0.237 e. The van der Waals surface area contributed by atoms with E-state index in [0.717, 1.165) is 25.9 Å². The van der Waals surface area contributed by atoms with E-state index in [2.05, 4.69) is 22.5 Å². The van der Waals surface area contributed by atoms with Crippen LogP contribution in [0.25, 0.3) is 0 Å². The molecule has 92 valence electrons. The number of hydrogen-bond acceptors (Lipinski definition) is 3. The highest BCUT2D eigenvalue weighted by atomic mass is 16.2. The first-order valence-electron chi connectivity index (χ1n) is 6.52. The highest BCUT2D eigenvalue weighted by molar-refractivity contribution is 5.82. The smallest absolute Gasteiger partial charge is 0.237 e. The van der Waals surface area contributed by atoms with Crippen molar-refractivity contribution in [3.8, 4) is 0 Å². The van der Waals surface area contributed by atoms with Gasteiger partial charge in [-0.1, -0.05) is 0 Å². The van der Waals surface area contributed by atoms with Gasteiger partial charge in [0.15, 0.2) is 0 Å². The van der Waals surface area contributed by atoms with Gasteiger partial charge in [-0.15, -0.1) is 0 Å². The van der Waals surface area contributed by atoms with Gasteiger partial charge in [0.2, 0.25) is 5.91 Å². The molecule has 2 N–H and O–H groups in total. The van der Waals surface area contributed by atoms with Gasteiger partial charge >= 0.3 is 0 Å². The Kier molecular flexibility index (Phi) is 4.18. The van der Waals surface area contributed by atoms with Crippen LogP contribution in [0.15, 0.2) is 0 Å². The Bertz CT molecular complexity index is 232. The Morgan fingerprint density at radius 3 is 2.81 bits per heavy atom. The summed E-state index contributed by atoms with van der Waals surface area (Å²) in [6, 6.07) is 0.540. The molecule has 2 rings (SSSR count). The van der Waals surface area contributed by atoms with Crippen LogP contribution >= 0.6 is 0 Å². The minimum absolute atomic E-state index is 0.0609. The fourth-order valence-electron chi connectivity index (χ4n) is 2.59. The second kappa shape index (κ2) is 5.64. The van der Waals surface area contributed by atoms with Crippen molar-refractivity contribution >= 4 is 5.91 Å². The van der Waals surface area contributed by atoms with E-state index in [9.17, 15) is 4.79 Å². The number of nitrogens with zero attached hydrogens (tertiary/aromatic N) is 1. The molecule has 0 radical (unpaired) electrons. The molecule has 2 heterocycles. The molecule has 0 aromatic rings. The van der Waals surface area contributed by atoms with E-state index in [-0.39, 0.29) is 11.9 Å². The van der Waals surface area contributed by atoms with Gasteiger partial charge in [-0.3, -0.25) is 9.69 Å². The van der Waals surface area contributed by atoms with Crippen molar-refractivity contribution in [3.63, 3.8) is 0 Å². The summed E-state index contributed by atoms with van der Waals surface area (Å²) in [5.74, 6) is 0.184. The highest BCUT2D eigenvalue weighted by Gasteiger charge is 2.23. The molecule has 0 aliphatic carbocycles. The number of nitrogens with one attached hydrogen (secondary N) is 2. The summed E-state index contributed by atoms with van der Waals surface area (Å²) in [6.45, 7) is 6.36. The van der Waals surface area contributed by atoms with E-state index >= 15 is 0 Å². The molecule has 0 aromatic heterocycles. The van der Waals surface area contributed by atoms with Crippen molar-refractivity contribution in [3.05, 3.63) is 0 Å². The number of likely N-dealkylation sites (tertiary alicyclic amines) is 1. The molecule has 16 heavy (non-hydrogen) atoms. The van der Waals surface area contributed by atoms with Crippen molar-refractivity contribution in [1.82, 2.24) is 15.5 Å². The lowest BCUT2D eigenvalue weighted by molar-refractivity contribution is -0.123. The van der Waals surface area contributed by atoms with Crippen LogP contribution in [0.5, 0.6) is 0 Å². The van der Waals surface area contributed by atoms with Crippen molar-refractivity contribution in [2.75, 3.05) is 26.2 Å². The normalized spacial score (nSPS) is 28.2. The topological polar surface area (TPSA) is 44.4 Å². The van der Waals surface area contributed by atoms with Crippen LogP contribution in [-0.2, 0) is 4.79 Å². The molecule has 2 saturated heterocycles. The first kappa shape index (κ1) is 11.9. The van der Waals surface area contributed by atoms with Gasteiger partial charge in [0.1, 0.15) is 0 Å². The maximum atomic E-state index is 11.8. The average molecular weight is 225 g/mol. The van der Waals surface area contributed by atoms with Gasteiger partial charge < -0.3 is 10.6 Å². The van der Waals surface area contributed by atoms with Gasteiger partial charge in [-0.2, -0.15) is 0 Å². The summed E-state index contributed by atoms with van der Waals surface area (Å²) < 4.78 is 0.